The van der Waals surface area contributed by atoms with Crippen molar-refractivity contribution in [3.05, 3.63) is 35.4 Å². The number of carbonyl (C=O) groups is 2. The van der Waals surface area contributed by atoms with Gasteiger partial charge in [0.2, 0.25) is 0 Å². The smallest absolute Gasteiger partial charge is 0.322 e. The van der Waals surface area contributed by atoms with Crippen LogP contribution in [-0.4, -0.2) is 31.6 Å². The van der Waals surface area contributed by atoms with E-state index >= 15 is 0 Å². The maximum Gasteiger partial charge on any atom is 0.322 e. The van der Waals surface area contributed by atoms with Gasteiger partial charge < -0.3 is 9.47 Å². The highest BCUT2D eigenvalue weighted by atomic mass is 19.1. The fraction of sp³-hybridized carbons (Fsp3) is 0.467. The highest BCUT2D eigenvalue weighted by Gasteiger charge is 2.49. The number of hydrogen-bond acceptors (Lipinski definition) is 4. The van der Waals surface area contributed by atoms with E-state index < -0.39 is 23.0 Å². The molecule has 0 radical (unpaired) electrons. The number of rotatable bonds is 4. The first-order chi connectivity index (χ1) is 9.99. The fourth-order valence-electron chi connectivity index (χ4n) is 2.38. The third-order valence-electron chi connectivity index (χ3n) is 3.53. The Morgan fingerprint density at radius 3 is 2.81 bits per heavy atom. The zero-order valence-corrected chi connectivity index (χ0v) is 11.7. The van der Waals surface area contributed by atoms with Gasteiger partial charge in [-0.2, -0.15) is 0 Å². The van der Waals surface area contributed by atoms with Crippen molar-refractivity contribution in [2.45, 2.75) is 19.8 Å². The van der Waals surface area contributed by atoms with Crippen molar-refractivity contribution in [2.75, 3.05) is 19.8 Å². The zero-order valence-electron chi connectivity index (χ0n) is 11.7. The molecular weight excluding hydrogens is 282 g/mol. The molecule has 114 valence electrons. The molecule has 0 saturated carbocycles. The number of hydrogen-bond donors (Lipinski definition) is 0. The SMILES string of the molecule is CCOC(=O)C1(Cc2ccc(F)cc2F)COCCC1=O. The first-order valence-electron chi connectivity index (χ1n) is 6.72. The summed E-state index contributed by atoms with van der Waals surface area (Å²) >= 11 is 0. The van der Waals surface area contributed by atoms with Crippen LogP contribution >= 0.6 is 0 Å². The van der Waals surface area contributed by atoms with Crippen LogP contribution in [0.15, 0.2) is 18.2 Å². The Balaban J connectivity index is 2.35. The monoisotopic (exact) mass is 298 g/mol. The lowest BCUT2D eigenvalue weighted by Crippen LogP contribution is -2.49. The summed E-state index contributed by atoms with van der Waals surface area (Å²) in [6, 6.07) is 3.04. The Kier molecular flexibility index (Phi) is 4.67. The molecule has 0 spiro atoms. The van der Waals surface area contributed by atoms with Crippen LogP contribution in [-0.2, 0) is 25.5 Å². The standard InChI is InChI=1S/C15H16F2O4/c1-2-21-14(19)15(9-20-6-5-13(15)18)8-10-3-4-11(16)7-12(10)17/h3-4,7H,2,5-6,8-9H2,1H3. The molecule has 1 atom stereocenters. The number of halogens is 2. The molecule has 0 N–H and O–H groups in total. The quantitative estimate of drug-likeness (QED) is 0.630. The molecule has 1 fully saturated rings. The lowest BCUT2D eigenvalue weighted by molar-refractivity contribution is -0.169. The Hall–Kier alpha value is -1.82. The average Bonchev–Trinajstić information content (AvgIpc) is 2.44. The minimum absolute atomic E-state index is 0.0711. The highest BCUT2D eigenvalue weighted by molar-refractivity contribution is 6.04. The van der Waals surface area contributed by atoms with Crippen LogP contribution in [0.3, 0.4) is 0 Å². The van der Waals surface area contributed by atoms with Gasteiger partial charge in [-0.15, -0.1) is 0 Å². The first-order valence-corrected chi connectivity index (χ1v) is 6.72. The van der Waals surface area contributed by atoms with Gasteiger partial charge in [0.15, 0.2) is 11.2 Å². The second kappa shape index (κ2) is 6.30. The van der Waals surface area contributed by atoms with Crippen molar-refractivity contribution in [1.29, 1.82) is 0 Å². The minimum atomic E-state index is -1.55. The summed E-state index contributed by atoms with van der Waals surface area (Å²) in [5.41, 5.74) is -1.46. The molecule has 0 aliphatic carbocycles. The molecule has 1 heterocycles. The van der Waals surface area contributed by atoms with Gasteiger partial charge in [0.1, 0.15) is 11.6 Å². The van der Waals surface area contributed by atoms with E-state index in [0.29, 0.717) is 0 Å². The van der Waals surface area contributed by atoms with Crippen LogP contribution in [0, 0.1) is 17.0 Å². The van der Waals surface area contributed by atoms with Gasteiger partial charge >= 0.3 is 5.97 Å². The summed E-state index contributed by atoms with van der Waals surface area (Å²) in [5.74, 6) is -2.57. The zero-order chi connectivity index (χ0) is 15.5. The number of ketones is 1. The third kappa shape index (κ3) is 3.10. The Labute approximate surface area is 121 Å². The molecule has 0 bridgehead atoms. The van der Waals surface area contributed by atoms with Crippen LogP contribution < -0.4 is 0 Å². The van der Waals surface area contributed by atoms with Crippen molar-refractivity contribution in [2.24, 2.45) is 5.41 Å². The van der Waals surface area contributed by atoms with Crippen molar-refractivity contribution >= 4 is 11.8 Å². The number of benzene rings is 1. The maximum atomic E-state index is 13.8. The van der Waals surface area contributed by atoms with E-state index in [1.54, 1.807) is 6.92 Å². The molecule has 1 aliphatic heterocycles. The largest absolute Gasteiger partial charge is 0.465 e. The minimum Gasteiger partial charge on any atom is -0.465 e. The average molecular weight is 298 g/mol. The van der Waals surface area contributed by atoms with Crippen molar-refractivity contribution < 1.29 is 27.8 Å². The second-order valence-corrected chi connectivity index (χ2v) is 4.94. The predicted molar refractivity (Wildman–Crippen MR) is 69.6 cm³/mol. The van der Waals surface area contributed by atoms with E-state index in [2.05, 4.69) is 0 Å². The van der Waals surface area contributed by atoms with Gasteiger partial charge in [-0.1, -0.05) is 6.07 Å². The summed E-state index contributed by atoms with van der Waals surface area (Å²) < 4.78 is 37.0. The number of ether oxygens (including phenoxy) is 2. The van der Waals surface area contributed by atoms with Gasteiger partial charge in [-0.25, -0.2) is 8.78 Å². The number of esters is 1. The van der Waals surface area contributed by atoms with Crippen LogP contribution in [0.4, 0.5) is 8.78 Å². The summed E-state index contributed by atoms with van der Waals surface area (Å²) in [7, 11) is 0. The van der Waals surface area contributed by atoms with Gasteiger partial charge in [0.05, 0.1) is 19.8 Å². The molecule has 1 aliphatic rings. The van der Waals surface area contributed by atoms with E-state index in [4.69, 9.17) is 9.47 Å². The van der Waals surface area contributed by atoms with Crippen molar-refractivity contribution in [3.63, 3.8) is 0 Å². The molecule has 1 saturated heterocycles. The Bertz CT molecular complexity index is 559. The van der Waals surface area contributed by atoms with Crippen LogP contribution in [0.5, 0.6) is 0 Å². The van der Waals surface area contributed by atoms with E-state index in [1.807, 2.05) is 0 Å². The van der Waals surface area contributed by atoms with Crippen LogP contribution in [0.2, 0.25) is 0 Å². The lowest BCUT2D eigenvalue weighted by atomic mass is 9.76. The topological polar surface area (TPSA) is 52.6 Å². The van der Waals surface area contributed by atoms with Crippen molar-refractivity contribution in [3.8, 4) is 0 Å². The predicted octanol–water partition coefficient (Wildman–Crippen LogP) is 2.05. The van der Waals surface area contributed by atoms with Gasteiger partial charge in [-0.05, 0) is 18.6 Å². The molecule has 4 nitrogen and oxygen atoms in total. The summed E-state index contributed by atoms with van der Waals surface area (Å²) in [6.45, 7) is 1.81. The Morgan fingerprint density at radius 2 is 2.19 bits per heavy atom. The maximum absolute atomic E-state index is 13.8. The van der Waals surface area contributed by atoms with Crippen LogP contribution in [0.25, 0.3) is 0 Å². The third-order valence-corrected chi connectivity index (χ3v) is 3.53. The van der Waals surface area contributed by atoms with E-state index in [0.717, 1.165) is 12.1 Å². The molecule has 0 aromatic heterocycles. The molecular formula is C15H16F2O4. The van der Waals surface area contributed by atoms with Gasteiger partial charge in [0.25, 0.3) is 0 Å². The lowest BCUT2D eigenvalue weighted by Gasteiger charge is -2.33. The summed E-state index contributed by atoms with van der Waals surface area (Å²) in [4.78, 5) is 24.4. The van der Waals surface area contributed by atoms with Crippen molar-refractivity contribution in [1.82, 2.24) is 0 Å². The normalized spacial score (nSPS) is 22.1. The molecule has 1 aromatic carbocycles. The first kappa shape index (κ1) is 15.6. The molecule has 1 unspecified atom stereocenters. The van der Waals surface area contributed by atoms with E-state index in [9.17, 15) is 18.4 Å². The summed E-state index contributed by atoms with van der Waals surface area (Å²) in [6.07, 6.45) is -0.127. The van der Waals surface area contributed by atoms with E-state index in [1.165, 1.54) is 6.07 Å². The van der Waals surface area contributed by atoms with Gasteiger partial charge in [0, 0.05) is 18.9 Å². The summed E-state index contributed by atoms with van der Waals surface area (Å²) in [5, 5.41) is 0. The Morgan fingerprint density at radius 1 is 1.43 bits per heavy atom. The molecule has 0 amide bonds. The number of Topliss-reactive ketones (excluding diaryl/α,β-unsaturated/α-hetero) is 1. The van der Waals surface area contributed by atoms with Gasteiger partial charge in [-0.3, -0.25) is 9.59 Å². The number of carbonyl (C=O) groups excluding carboxylic acids is 2. The van der Waals surface area contributed by atoms with E-state index in [-0.39, 0.29) is 44.0 Å². The fourth-order valence-corrected chi connectivity index (χ4v) is 2.38. The molecule has 21 heavy (non-hydrogen) atoms. The highest BCUT2D eigenvalue weighted by Crippen LogP contribution is 2.32. The second-order valence-electron chi connectivity index (χ2n) is 4.94. The molecule has 2 rings (SSSR count). The van der Waals surface area contributed by atoms with Crippen LogP contribution in [0.1, 0.15) is 18.9 Å². The molecule has 6 heteroatoms. The molecule has 1 aromatic rings.